The van der Waals surface area contributed by atoms with Gasteiger partial charge in [0, 0.05) is 6.42 Å². The Morgan fingerprint density at radius 1 is 1.82 bits per heavy atom. The molecule has 64 valence electrons. The minimum absolute atomic E-state index is 0.266. The van der Waals surface area contributed by atoms with Gasteiger partial charge in [-0.1, -0.05) is 0 Å². The molecule has 0 aliphatic carbocycles. The fourth-order valence-electron chi connectivity index (χ4n) is 0.925. The lowest BCUT2D eigenvalue weighted by atomic mass is 10.1. The van der Waals surface area contributed by atoms with Gasteiger partial charge in [-0.05, 0) is 0 Å². The quantitative estimate of drug-likeness (QED) is 0.434. The van der Waals surface area contributed by atoms with Gasteiger partial charge in [0.25, 0.3) is 0 Å². The van der Waals surface area contributed by atoms with Crippen molar-refractivity contribution in [3.63, 3.8) is 0 Å². The lowest BCUT2D eigenvalue weighted by Crippen LogP contribution is -2.28. The van der Waals surface area contributed by atoms with Crippen molar-refractivity contribution in [2.75, 3.05) is 6.61 Å². The standard InChI is InChI=1S/C6H9ClO4/c7-3-1-5(4(9)2-8)11-6(3)10/h3-5,8-9H,1-2H2/t3-,4+,5-/m0/s1. The summed E-state index contributed by atoms with van der Waals surface area (Å²) < 4.78 is 4.65. The van der Waals surface area contributed by atoms with Crippen LogP contribution in [0.4, 0.5) is 0 Å². The largest absolute Gasteiger partial charge is 0.458 e. The van der Waals surface area contributed by atoms with E-state index in [4.69, 9.17) is 21.8 Å². The van der Waals surface area contributed by atoms with Gasteiger partial charge in [0.2, 0.25) is 0 Å². The number of halogens is 1. The van der Waals surface area contributed by atoms with Crippen molar-refractivity contribution in [2.24, 2.45) is 0 Å². The van der Waals surface area contributed by atoms with Crippen LogP contribution in [-0.4, -0.2) is 40.4 Å². The molecule has 5 heteroatoms. The van der Waals surface area contributed by atoms with Crippen LogP contribution in [0.5, 0.6) is 0 Å². The minimum atomic E-state index is -1.01. The molecule has 4 nitrogen and oxygen atoms in total. The summed E-state index contributed by atoms with van der Waals surface area (Å²) in [5.74, 6) is -0.524. The molecule has 0 spiro atoms. The van der Waals surface area contributed by atoms with E-state index >= 15 is 0 Å². The van der Waals surface area contributed by atoms with E-state index in [1.807, 2.05) is 0 Å². The summed E-state index contributed by atoms with van der Waals surface area (Å²) in [4.78, 5) is 10.7. The first-order valence-electron chi connectivity index (χ1n) is 3.28. The first-order chi connectivity index (χ1) is 5.15. The van der Waals surface area contributed by atoms with E-state index in [0.717, 1.165) is 0 Å². The molecule has 0 amide bonds. The summed E-state index contributed by atoms with van der Waals surface area (Å²) >= 11 is 5.49. The van der Waals surface area contributed by atoms with Gasteiger partial charge < -0.3 is 14.9 Å². The second kappa shape index (κ2) is 3.38. The highest BCUT2D eigenvalue weighted by molar-refractivity contribution is 6.30. The van der Waals surface area contributed by atoms with Crippen LogP contribution in [0.15, 0.2) is 0 Å². The lowest BCUT2D eigenvalue weighted by molar-refractivity contribution is -0.146. The fraction of sp³-hybridized carbons (Fsp3) is 0.833. The van der Waals surface area contributed by atoms with Crippen molar-refractivity contribution in [2.45, 2.75) is 24.0 Å². The number of hydrogen-bond acceptors (Lipinski definition) is 4. The monoisotopic (exact) mass is 180 g/mol. The molecule has 0 unspecified atom stereocenters. The molecule has 1 aliphatic heterocycles. The first kappa shape index (κ1) is 8.77. The molecule has 1 saturated heterocycles. The molecule has 3 atom stereocenters. The van der Waals surface area contributed by atoms with E-state index in [2.05, 4.69) is 4.74 Å². The number of cyclic esters (lactones) is 1. The van der Waals surface area contributed by atoms with E-state index in [1.165, 1.54) is 0 Å². The van der Waals surface area contributed by atoms with Crippen molar-refractivity contribution in [3.05, 3.63) is 0 Å². The highest BCUT2D eigenvalue weighted by Crippen LogP contribution is 2.21. The zero-order valence-electron chi connectivity index (χ0n) is 5.74. The van der Waals surface area contributed by atoms with Crippen molar-refractivity contribution < 1.29 is 19.7 Å². The number of aliphatic hydroxyl groups is 2. The van der Waals surface area contributed by atoms with Gasteiger partial charge in [-0.25, -0.2) is 0 Å². The van der Waals surface area contributed by atoms with Crippen molar-refractivity contribution in [1.29, 1.82) is 0 Å². The summed E-state index contributed by atoms with van der Waals surface area (Å²) in [6.45, 7) is -0.415. The molecule has 1 heterocycles. The molecule has 2 N–H and O–H groups in total. The summed E-state index contributed by atoms with van der Waals surface area (Å²) in [5, 5.41) is 16.8. The van der Waals surface area contributed by atoms with Crippen molar-refractivity contribution in [1.82, 2.24) is 0 Å². The highest BCUT2D eigenvalue weighted by atomic mass is 35.5. The van der Waals surface area contributed by atoms with Gasteiger partial charge in [-0.2, -0.15) is 0 Å². The minimum Gasteiger partial charge on any atom is -0.458 e. The lowest BCUT2D eigenvalue weighted by Gasteiger charge is -2.13. The Kier molecular flexibility index (Phi) is 2.70. The topological polar surface area (TPSA) is 66.8 Å². The molecule has 1 aliphatic rings. The van der Waals surface area contributed by atoms with Gasteiger partial charge in [0.05, 0.1) is 6.61 Å². The van der Waals surface area contributed by atoms with Crippen LogP contribution < -0.4 is 0 Å². The van der Waals surface area contributed by atoms with Crippen LogP contribution in [0.1, 0.15) is 6.42 Å². The summed E-state index contributed by atoms with van der Waals surface area (Å²) in [7, 11) is 0. The fourth-order valence-corrected chi connectivity index (χ4v) is 1.15. The molecule has 11 heavy (non-hydrogen) atoms. The third-order valence-electron chi connectivity index (χ3n) is 1.58. The number of rotatable bonds is 2. The Morgan fingerprint density at radius 3 is 2.82 bits per heavy atom. The molecule has 0 radical (unpaired) electrons. The maximum absolute atomic E-state index is 10.7. The maximum atomic E-state index is 10.7. The number of carbonyl (C=O) groups is 1. The van der Waals surface area contributed by atoms with Crippen molar-refractivity contribution >= 4 is 17.6 Å². The molecule has 0 aromatic heterocycles. The third-order valence-corrected chi connectivity index (χ3v) is 1.94. The average molecular weight is 181 g/mol. The average Bonchev–Trinajstić information content (AvgIpc) is 2.31. The van der Waals surface area contributed by atoms with Gasteiger partial charge >= 0.3 is 5.97 Å². The molecule has 0 aromatic carbocycles. The van der Waals surface area contributed by atoms with Gasteiger partial charge in [-0.15, -0.1) is 11.6 Å². The second-order valence-corrected chi connectivity index (χ2v) is 2.96. The Bertz CT molecular complexity index is 161. The van der Waals surface area contributed by atoms with Gasteiger partial charge in [0.1, 0.15) is 17.6 Å². The van der Waals surface area contributed by atoms with E-state index in [1.54, 1.807) is 0 Å². The van der Waals surface area contributed by atoms with Gasteiger partial charge in [0.15, 0.2) is 0 Å². The second-order valence-electron chi connectivity index (χ2n) is 2.43. The first-order valence-corrected chi connectivity index (χ1v) is 3.72. The molecule has 1 rings (SSSR count). The number of aliphatic hydroxyl groups excluding tert-OH is 2. The molecule has 1 fully saturated rings. The van der Waals surface area contributed by atoms with Crippen molar-refractivity contribution in [3.8, 4) is 0 Å². The Balaban J connectivity index is 2.46. The molecule has 0 saturated carbocycles. The molecular formula is C6H9ClO4. The van der Waals surface area contributed by atoms with E-state index in [-0.39, 0.29) is 6.42 Å². The summed E-state index contributed by atoms with van der Waals surface area (Å²) in [6, 6.07) is 0. The molecule has 0 bridgehead atoms. The van der Waals surface area contributed by atoms with Crippen LogP contribution in [0, 0.1) is 0 Å². The predicted molar refractivity (Wildman–Crippen MR) is 37.2 cm³/mol. The number of alkyl halides is 1. The van der Waals surface area contributed by atoms with Crippen LogP contribution >= 0.6 is 11.6 Å². The number of hydrogen-bond donors (Lipinski definition) is 2. The summed E-state index contributed by atoms with van der Waals surface area (Å²) in [5.41, 5.74) is 0. The normalized spacial score (nSPS) is 33.5. The highest BCUT2D eigenvalue weighted by Gasteiger charge is 2.36. The Labute approximate surface area is 68.7 Å². The SMILES string of the molecule is O=C1O[C@H]([C@H](O)CO)C[C@@H]1Cl. The van der Waals surface area contributed by atoms with Crippen LogP contribution in [0.2, 0.25) is 0 Å². The van der Waals surface area contributed by atoms with E-state index in [0.29, 0.717) is 0 Å². The van der Waals surface area contributed by atoms with Crippen LogP contribution in [-0.2, 0) is 9.53 Å². The smallest absolute Gasteiger partial charge is 0.324 e. The number of esters is 1. The Morgan fingerprint density at radius 2 is 2.45 bits per heavy atom. The van der Waals surface area contributed by atoms with E-state index in [9.17, 15) is 4.79 Å². The molecular weight excluding hydrogens is 172 g/mol. The zero-order chi connectivity index (χ0) is 8.43. The van der Waals surface area contributed by atoms with Crippen LogP contribution in [0.25, 0.3) is 0 Å². The predicted octanol–water partition coefficient (Wildman–Crippen LogP) is -0.738. The maximum Gasteiger partial charge on any atom is 0.324 e. The zero-order valence-corrected chi connectivity index (χ0v) is 6.49. The molecule has 0 aromatic rings. The van der Waals surface area contributed by atoms with Gasteiger partial charge in [-0.3, -0.25) is 4.79 Å². The Hall–Kier alpha value is -0.320. The number of carbonyl (C=O) groups excluding carboxylic acids is 1. The third kappa shape index (κ3) is 1.83. The van der Waals surface area contributed by atoms with E-state index < -0.39 is 30.2 Å². The summed E-state index contributed by atoms with van der Waals surface area (Å²) in [6.07, 6.45) is -1.39. The van der Waals surface area contributed by atoms with Crippen LogP contribution in [0.3, 0.4) is 0 Å². The number of ether oxygens (including phenoxy) is 1.